The standard InChI is InChI=1S/C16H23NO/c1-2-3-4-10-17-12-16(18)15-9-8-13-6-5-7-14(13)11-15/h8-9,11,17H,2-7,10,12H2,1H3. The van der Waals surface area contributed by atoms with Crippen molar-refractivity contribution in [3.8, 4) is 0 Å². The summed E-state index contributed by atoms with van der Waals surface area (Å²) in [5.74, 6) is 0.223. The van der Waals surface area contributed by atoms with Crippen molar-refractivity contribution >= 4 is 5.78 Å². The predicted octanol–water partition coefficient (Wildman–Crippen LogP) is 3.14. The van der Waals surface area contributed by atoms with E-state index in [0.717, 1.165) is 24.9 Å². The molecule has 0 bridgehead atoms. The highest BCUT2D eigenvalue weighted by Crippen LogP contribution is 2.22. The van der Waals surface area contributed by atoms with E-state index in [2.05, 4.69) is 24.4 Å². The fraction of sp³-hybridized carbons (Fsp3) is 0.562. The molecule has 1 aliphatic rings. The number of rotatable bonds is 7. The van der Waals surface area contributed by atoms with Crippen LogP contribution < -0.4 is 5.32 Å². The summed E-state index contributed by atoms with van der Waals surface area (Å²) in [6.45, 7) is 3.61. The van der Waals surface area contributed by atoms with Gasteiger partial charge in [-0.25, -0.2) is 0 Å². The van der Waals surface area contributed by atoms with Crippen molar-refractivity contribution in [2.45, 2.75) is 45.4 Å². The second-order valence-corrected chi connectivity index (χ2v) is 5.14. The number of ketones is 1. The van der Waals surface area contributed by atoms with Crippen molar-refractivity contribution < 1.29 is 4.79 Å². The van der Waals surface area contributed by atoms with Gasteiger partial charge in [0.2, 0.25) is 0 Å². The first kappa shape index (κ1) is 13.3. The lowest BCUT2D eigenvalue weighted by Gasteiger charge is -2.06. The first-order chi connectivity index (χ1) is 8.81. The smallest absolute Gasteiger partial charge is 0.176 e. The quantitative estimate of drug-likeness (QED) is 0.590. The fourth-order valence-corrected chi connectivity index (χ4v) is 2.55. The lowest BCUT2D eigenvalue weighted by Crippen LogP contribution is -2.24. The molecule has 0 aliphatic heterocycles. The van der Waals surface area contributed by atoms with E-state index < -0.39 is 0 Å². The monoisotopic (exact) mass is 245 g/mol. The molecular formula is C16H23NO. The van der Waals surface area contributed by atoms with E-state index in [9.17, 15) is 4.79 Å². The zero-order chi connectivity index (χ0) is 12.8. The van der Waals surface area contributed by atoms with Gasteiger partial charge in [-0.05, 0) is 49.4 Å². The Morgan fingerprint density at radius 1 is 1.22 bits per heavy atom. The number of benzene rings is 1. The molecule has 0 spiro atoms. The Hall–Kier alpha value is -1.15. The molecule has 2 nitrogen and oxygen atoms in total. The number of carbonyl (C=O) groups excluding carboxylic acids is 1. The van der Waals surface area contributed by atoms with Gasteiger partial charge in [-0.15, -0.1) is 0 Å². The van der Waals surface area contributed by atoms with E-state index in [1.165, 1.54) is 36.8 Å². The van der Waals surface area contributed by atoms with Crippen LogP contribution in [0, 0.1) is 0 Å². The van der Waals surface area contributed by atoms with Gasteiger partial charge in [0.1, 0.15) is 0 Å². The van der Waals surface area contributed by atoms with Gasteiger partial charge in [-0.1, -0.05) is 31.9 Å². The number of hydrogen-bond acceptors (Lipinski definition) is 2. The lowest BCUT2D eigenvalue weighted by atomic mass is 10.0. The highest BCUT2D eigenvalue weighted by molar-refractivity contribution is 5.97. The van der Waals surface area contributed by atoms with Crippen molar-refractivity contribution in [1.82, 2.24) is 5.32 Å². The maximum atomic E-state index is 12.0. The van der Waals surface area contributed by atoms with Crippen LogP contribution in [-0.4, -0.2) is 18.9 Å². The molecule has 0 atom stereocenters. The number of nitrogens with one attached hydrogen (secondary N) is 1. The molecule has 0 aromatic heterocycles. The minimum atomic E-state index is 0.223. The molecule has 1 aliphatic carbocycles. The van der Waals surface area contributed by atoms with Gasteiger partial charge in [-0.3, -0.25) is 4.79 Å². The van der Waals surface area contributed by atoms with E-state index in [1.54, 1.807) is 0 Å². The molecule has 0 saturated carbocycles. The lowest BCUT2D eigenvalue weighted by molar-refractivity contribution is 0.0991. The molecule has 0 saturated heterocycles. The summed E-state index contributed by atoms with van der Waals surface area (Å²) in [6.07, 6.45) is 7.18. The zero-order valence-corrected chi connectivity index (χ0v) is 11.3. The van der Waals surface area contributed by atoms with Crippen LogP contribution in [0.5, 0.6) is 0 Å². The summed E-state index contributed by atoms with van der Waals surface area (Å²) in [6, 6.07) is 6.21. The first-order valence-electron chi connectivity index (χ1n) is 7.17. The number of fused-ring (bicyclic) bond motifs is 1. The van der Waals surface area contributed by atoms with Crippen molar-refractivity contribution in [2.75, 3.05) is 13.1 Å². The van der Waals surface area contributed by atoms with Gasteiger partial charge < -0.3 is 5.32 Å². The van der Waals surface area contributed by atoms with Crippen molar-refractivity contribution in [1.29, 1.82) is 0 Å². The maximum Gasteiger partial charge on any atom is 0.176 e. The number of unbranched alkanes of at least 4 members (excludes halogenated alkanes) is 2. The summed E-state index contributed by atoms with van der Waals surface area (Å²) in [7, 11) is 0. The minimum Gasteiger partial charge on any atom is -0.310 e. The van der Waals surface area contributed by atoms with E-state index in [0.29, 0.717) is 6.54 Å². The molecule has 0 fully saturated rings. The maximum absolute atomic E-state index is 12.0. The summed E-state index contributed by atoms with van der Waals surface area (Å²) in [5.41, 5.74) is 3.69. The van der Waals surface area contributed by atoms with Crippen LogP contribution >= 0.6 is 0 Å². The molecule has 2 heteroatoms. The molecule has 1 N–H and O–H groups in total. The SMILES string of the molecule is CCCCCNCC(=O)c1ccc2c(c1)CCC2. The molecule has 1 aromatic rings. The largest absolute Gasteiger partial charge is 0.310 e. The fourth-order valence-electron chi connectivity index (χ4n) is 2.55. The molecule has 18 heavy (non-hydrogen) atoms. The van der Waals surface area contributed by atoms with Gasteiger partial charge in [0, 0.05) is 5.56 Å². The molecule has 1 aromatic carbocycles. The molecule has 0 heterocycles. The van der Waals surface area contributed by atoms with Crippen LogP contribution in [0.2, 0.25) is 0 Å². The average molecular weight is 245 g/mol. The van der Waals surface area contributed by atoms with Gasteiger partial charge in [0.25, 0.3) is 0 Å². The topological polar surface area (TPSA) is 29.1 Å². The molecule has 0 unspecified atom stereocenters. The second kappa shape index (κ2) is 6.69. The Labute approximate surface area is 110 Å². The summed E-state index contributed by atoms with van der Waals surface area (Å²) < 4.78 is 0. The Kier molecular flexibility index (Phi) is 4.94. The van der Waals surface area contributed by atoms with Gasteiger partial charge in [0.05, 0.1) is 6.54 Å². The van der Waals surface area contributed by atoms with Crippen molar-refractivity contribution in [2.24, 2.45) is 0 Å². The average Bonchev–Trinajstić information content (AvgIpc) is 2.85. The summed E-state index contributed by atoms with van der Waals surface area (Å²) >= 11 is 0. The third kappa shape index (κ3) is 3.42. The van der Waals surface area contributed by atoms with E-state index >= 15 is 0 Å². The van der Waals surface area contributed by atoms with Crippen LogP contribution in [0.4, 0.5) is 0 Å². The van der Waals surface area contributed by atoms with Crippen LogP contribution in [0.1, 0.15) is 54.1 Å². The van der Waals surface area contributed by atoms with Crippen molar-refractivity contribution in [3.05, 3.63) is 34.9 Å². The Morgan fingerprint density at radius 2 is 2.06 bits per heavy atom. The third-order valence-electron chi connectivity index (χ3n) is 3.66. The number of hydrogen-bond donors (Lipinski definition) is 1. The first-order valence-corrected chi connectivity index (χ1v) is 7.17. The third-order valence-corrected chi connectivity index (χ3v) is 3.66. The van der Waals surface area contributed by atoms with E-state index in [-0.39, 0.29) is 5.78 Å². The van der Waals surface area contributed by atoms with E-state index in [1.807, 2.05) is 6.07 Å². The second-order valence-electron chi connectivity index (χ2n) is 5.14. The zero-order valence-electron chi connectivity index (χ0n) is 11.3. The Morgan fingerprint density at radius 3 is 2.89 bits per heavy atom. The Balaban J connectivity index is 1.82. The molecule has 2 rings (SSSR count). The molecule has 0 amide bonds. The number of aryl methyl sites for hydroxylation is 2. The molecule has 0 radical (unpaired) electrons. The highest BCUT2D eigenvalue weighted by atomic mass is 16.1. The van der Waals surface area contributed by atoms with Crippen LogP contribution in [0.15, 0.2) is 18.2 Å². The number of carbonyl (C=O) groups is 1. The van der Waals surface area contributed by atoms with Gasteiger partial charge >= 0.3 is 0 Å². The normalized spacial score (nSPS) is 13.6. The summed E-state index contributed by atoms with van der Waals surface area (Å²) in [4.78, 5) is 12.0. The van der Waals surface area contributed by atoms with Gasteiger partial charge in [-0.2, -0.15) is 0 Å². The minimum absolute atomic E-state index is 0.223. The van der Waals surface area contributed by atoms with Crippen LogP contribution in [-0.2, 0) is 12.8 Å². The van der Waals surface area contributed by atoms with Crippen molar-refractivity contribution in [3.63, 3.8) is 0 Å². The number of Topliss-reactive ketones (excluding diaryl/α,β-unsaturated/α-hetero) is 1. The summed E-state index contributed by atoms with van der Waals surface area (Å²) in [5, 5.41) is 3.24. The van der Waals surface area contributed by atoms with Gasteiger partial charge in [0.15, 0.2) is 5.78 Å². The molecular weight excluding hydrogens is 222 g/mol. The van der Waals surface area contributed by atoms with E-state index in [4.69, 9.17) is 0 Å². The molecule has 98 valence electrons. The highest BCUT2D eigenvalue weighted by Gasteiger charge is 2.13. The van der Waals surface area contributed by atoms with Crippen LogP contribution in [0.25, 0.3) is 0 Å². The Bertz CT molecular complexity index is 412. The van der Waals surface area contributed by atoms with Crippen LogP contribution in [0.3, 0.4) is 0 Å². The predicted molar refractivity (Wildman–Crippen MR) is 75.2 cm³/mol.